The summed E-state index contributed by atoms with van der Waals surface area (Å²) in [4.78, 5) is 11.2. The van der Waals surface area contributed by atoms with Crippen LogP contribution in [0.2, 0.25) is 5.02 Å². The Balaban J connectivity index is 2.34. The van der Waals surface area contributed by atoms with Crippen molar-refractivity contribution >= 4 is 38.9 Å². The molecule has 0 atom stereocenters. The smallest absolute Gasteiger partial charge is 0.387 e. The summed E-state index contributed by atoms with van der Waals surface area (Å²) in [7, 11) is -3.98. The van der Waals surface area contributed by atoms with E-state index in [0.717, 1.165) is 6.07 Å². The van der Waals surface area contributed by atoms with Crippen LogP contribution in [-0.4, -0.2) is 20.9 Å². The molecule has 2 N–H and O–H groups in total. The van der Waals surface area contributed by atoms with E-state index in [-0.39, 0.29) is 27.3 Å². The zero-order valence-electron chi connectivity index (χ0n) is 14.6. The summed E-state index contributed by atoms with van der Waals surface area (Å²) >= 11 is 5.85. The number of nitrogens with one attached hydrogen (secondary N) is 2. The summed E-state index contributed by atoms with van der Waals surface area (Å²) in [5.41, 5.74) is 1.42. The molecule has 0 heterocycles. The third kappa shape index (κ3) is 5.30. The van der Waals surface area contributed by atoms with Gasteiger partial charge in [-0.05, 0) is 55.3 Å². The number of sulfonamides is 1. The average Bonchev–Trinajstić information content (AvgIpc) is 2.47. The van der Waals surface area contributed by atoms with Gasteiger partial charge in [-0.1, -0.05) is 11.6 Å². The number of amides is 1. The van der Waals surface area contributed by atoms with Crippen LogP contribution >= 0.6 is 11.6 Å². The van der Waals surface area contributed by atoms with Crippen LogP contribution in [0.15, 0.2) is 35.2 Å². The van der Waals surface area contributed by atoms with Crippen LogP contribution < -0.4 is 14.8 Å². The van der Waals surface area contributed by atoms with Crippen LogP contribution in [0.5, 0.6) is 5.75 Å². The topological polar surface area (TPSA) is 84.5 Å². The van der Waals surface area contributed by atoms with E-state index < -0.39 is 16.6 Å². The molecule has 0 unspecified atom stereocenters. The van der Waals surface area contributed by atoms with Crippen molar-refractivity contribution in [2.75, 3.05) is 10.0 Å². The molecule has 27 heavy (non-hydrogen) atoms. The second-order valence-electron chi connectivity index (χ2n) is 5.75. The van der Waals surface area contributed by atoms with Gasteiger partial charge >= 0.3 is 6.61 Å². The van der Waals surface area contributed by atoms with Crippen LogP contribution in [0.25, 0.3) is 0 Å². The number of hydrogen-bond donors (Lipinski definition) is 2. The minimum Gasteiger partial charge on any atom is -0.433 e. The van der Waals surface area contributed by atoms with Gasteiger partial charge in [0.05, 0.1) is 15.6 Å². The highest BCUT2D eigenvalue weighted by Gasteiger charge is 2.21. The van der Waals surface area contributed by atoms with Crippen molar-refractivity contribution in [1.82, 2.24) is 0 Å². The molecule has 0 spiro atoms. The van der Waals surface area contributed by atoms with Gasteiger partial charge in [0.25, 0.3) is 10.0 Å². The molecule has 10 heteroatoms. The number of alkyl halides is 2. The molecule has 2 aromatic carbocycles. The van der Waals surface area contributed by atoms with Crippen molar-refractivity contribution in [2.24, 2.45) is 0 Å². The van der Waals surface area contributed by atoms with Crippen LogP contribution in [0.1, 0.15) is 18.1 Å². The number of rotatable bonds is 6. The van der Waals surface area contributed by atoms with Crippen molar-refractivity contribution in [3.05, 3.63) is 46.5 Å². The number of ether oxygens (including phenoxy) is 1. The van der Waals surface area contributed by atoms with Gasteiger partial charge in [-0.2, -0.15) is 8.78 Å². The van der Waals surface area contributed by atoms with Gasteiger partial charge in [-0.3, -0.25) is 9.52 Å². The highest BCUT2D eigenvalue weighted by Crippen LogP contribution is 2.31. The minimum atomic E-state index is -3.98. The quantitative estimate of drug-likeness (QED) is 0.731. The molecular weight excluding hydrogens is 402 g/mol. The van der Waals surface area contributed by atoms with E-state index in [1.807, 2.05) is 0 Å². The Labute approximate surface area is 160 Å². The number of anilines is 2. The molecule has 0 aliphatic heterocycles. The zero-order valence-corrected chi connectivity index (χ0v) is 16.2. The molecule has 2 rings (SSSR count). The van der Waals surface area contributed by atoms with E-state index in [1.54, 1.807) is 13.8 Å². The third-order valence-electron chi connectivity index (χ3n) is 3.45. The molecule has 0 aliphatic carbocycles. The number of carbonyl (C=O) groups is 1. The Morgan fingerprint density at radius 1 is 1.11 bits per heavy atom. The van der Waals surface area contributed by atoms with E-state index >= 15 is 0 Å². The van der Waals surface area contributed by atoms with Crippen molar-refractivity contribution in [2.45, 2.75) is 32.3 Å². The van der Waals surface area contributed by atoms with Crippen LogP contribution in [0.3, 0.4) is 0 Å². The van der Waals surface area contributed by atoms with Crippen LogP contribution in [0, 0.1) is 13.8 Å². The lowest BCUT2D eigenvalue weighted by molar-refractivity contribution is -0.114. The van der Waals surface area contributed by atoms with E-state index in [1.165, 1.54) is 31.2 Å². The Morgan fingerprint density at radius 2 is 1.70 bits per heavy atom. The molecule has 2 aromatic rings. The van der Waals surface area contributed by atoms with Gasteiger partial charge in [-0.25, -0.2) is 8.42 Å². The lowest BCUT2D eigenvalue weighted by atomic mass is 10.1. The highest BCUT2D eigenvalue weighted by atomic mass is 35.5. The SMILES string of the molecule is CC(=O)Nc1cc(C)c(S(=O)(=O)Nc2ccc(OC(F)F)c(Cl)c2)c(C)c1. The second kappa shape index (κ2) is 8.10. The van der Waals surface area contributed by atoms with Crippen molar-refractivity contribution in [1.29, 1.82) is 0 Å². The van der Waals surface area contributed by atoms with Gasteiger partial charge in [0.15, 0.2) is 0 Å². The van der Waals surface area contributed by atoms with Gasteiger partial charge in [-0.15, -0.1) is 0 Å². The van der Waals surface area contributed by atoms with Gasteiger partial charge in [0.2, 0.25) is 5.91 Å². The summed E-state index contributed by atoms with van der Waals surface area (Å²) in [6, 6.07) is 6.65. The number of hydrogen-bond acceptors (Lipinski definition) is 4. The molecule has 0 fully saturated rings. The standard InChI is InChI=1S/C17H17ClF2N2O4S/c1-9-6-13(21-11(3)23)7-10(2)16(9)27(24,25)22-12-4-5-15(14(18)8-12)26-17(19)20/h4-8,17,22H,1-3H3,(H,21,23). The highest BCUT2D eigenvalue weighted by molar-refractivity contribution is 7.92. The number of carbonyl (C=O) groups excluding carboxylic acids is 1. The molecule has 0 aromatic heterocycles. The maximum atomic E-state index is 12.8. The fourth-order valence-electron chi connectivity index (χ4n) is 2.61. The number of benzene rings is 2. The largest absolute Gasteiger partial charge is 0.433 e. The lowest BCUT2D eigenvalue weighted by Gasteiger charge is -2.15. The molecule has 146 valence electrons. The van der Waals surface area contributed by atoms with Crippen molar-refractivity contribution in [3.63, 3.8) is 0 Å². The first kappa shape index (κ1) is 20.9. The second-order valence-corrected chi connectivity index (χ2v) is 7.78. The fourth-order valence-corrected chi connectivity index (χ4v) is 4.34. The summed E-state index contributed by atoms with van der Waals surface area (Å²) in [5, 5.41) is 2.44. The normalized spacial score (nSPS) is 11.4. The van der Waals surface area contributed by atoms with E-state index in [2.05, 4.69) is 14.8 Å². The molecular formula is C17H17ClF2N2O4S. The van der Waals surface area contributed by atoms with Gasteiger partial charge in [0, 0.05) is 12.6 Å². The Bertz CT molecular complexity index is 958. The Hall–Kier alpha value is -2.39. The molecule has 0 saturated heterocycles. The minimum absolute atomic E-state index is 0.0423. The maximum absolute atomic E-state index is 12.8. The molecule has 0 radical (unpaired) electrons. The first-order chi connectivity index (χ1) is 12.5. The average molecular weight is 419 g/mol. The Kier molecular flexibility index (Phi) is 6.27. The summed E-state index contributed by atoms with van der Waals surface area (Å²) < 4.78 is 56.6. The van der Waals surface area contributed by atoms with Crippen LogP contribution in [0.4, 0.5) is 20.2 Å². The molecule has 6 nitrogen and oxygen atoms in total. The van der Waals surface area contributed by atoms with Crippen molar-refractivity contribution in [3.8, 4) is 5.75 Å². The predicted octanol–water partition coefficient (Wildman–Crippen LogP) is 4.32. The maximum Gasteiger partial charge on any atom is 0.387 e. The molecule has 1 amide bonds. The fraction of sp³-hybridized carbons (Fsp3) is 0.235. The summed E-state index contributed by atoms with van der Waals surface area (Å²) in [5.74, 6) is -0.537. The number of halogens is 3. The first-order valence-corrected chi connectivity index (χ1v) is 9.51. The predicted molar refractivity (Wildman–Crippen MR) is 99.1 cm³/mol. The summed E-state index contributed by atoms with van der Waals surface area (Å²) in [6.45, 7) is 1.50. The van der Waals surface area contributed by atoms with E-state index in [0.29, 0.717) is 16.8 Å². The Morgan fingerprint density at radius 3 is 2.19 bits per heavy atom. The van der Waals surface area contributed by atoms with Crippen LogP contribution in [-0.2, 0) is 14.8 Å². The third-order valence-corrected chi connectivity index (χ3v) is 5.43. The molecule has 0 aliphatic rings. The van der Waals surface area contributed by atoms with Crippen molar-refractivity contribution < 1.29 is 26.7 Å². The van der Waals surface area contributed by atoms with Gasteiger partial charge < -0.3 is 10.1 Å². The van der Waals surface area contributed by atoms with E-state index in [4.69, 9.17) is 11.6 Å². The van der Waals surface area contributed by atoms with E-state index in [9.17, 15) is 22.0 Å². The zero-order chi connectivity index (χ0) is 20.4. The molecule has 0 bridgehead atoms. The monoisotopic (exact) mass is 418 g/mol. The lowest BCUT2D eigenvalue weighted by Crippen LogP contribution is -2.16. The number of aryl methyl sites for hydroxylation is 2. The first-order valence-electron chi connectivity index (χ1n) is 7.65. The van der Waals surface area contributed by atoms with Gasteiger partial charge in [0.1, 0.15) is 5.75 Å². The molecule has 0 saturated carbocycles. The summed E-state index contributed by atoms with van der Waals surface area (Å²) in [6.07, 6.45) is 0.